The Hall–Kier alpha value is -3.14. The van der Waals surface area contributed by atoms with Gasteiger partial charge in [-0.25, -0.2) is 9.53 Å². The van der Waals surface area contributed by atoms with E-state index in [2.05, 4.69) is 9.94 Å². The molecule has 0 unspecified atom stereocenters. The highest BCUT2D eigenvalue weighted by Crippen LogP contribution is 2.30. The first kappa shape index (κ1) is 18.6. The van der Waals surface area contributed by atoms with E-state index in [4.69, 9.17) is 20.8 Å². The number of ether oxygens (including phenoxy) is 3. The highest BCUT2D eigenvalue weighted by atomic mass is 16.7. The van der Waals surface area contributed by atoms with Crippen LogP contribution in [0.25, 0.3) is 16.1 Å². The van der Waals surface area contributed by atoms with Crippen LogP contribution in [0.3, 0.4) is 0 Å². The molecule has 138 valence electrons. The summed E-state index contributed by atoms with van der Waals surface area (Å²) in [5.41, 5.74) is 3.15. The van der Waals surface area contributed by atoms with Gasteiger partial charge in [-0.1, -0.05) is 30.3 Å². The standard InChI is InChI=1S/C21H21N3O3/c1-5-24-20(14-19(23-24)16-7-6-8-17(13-16)22-2)27-18-11-9-15(10-12-18)21(25-3)26-4/h6-14,21H,5H2,1,3-4H3. The predicted molar refractivity (Wildman–Crippen MR) is 103 cm³/mol. The summed E-state index contributed by atoms with van der Waals surface area (Å²) in [7, 11) is 3.20. The molecule has 6 nitrogen and oxygen atoms in total. The minimum absolute atomic E-state index is 0.401. The Labute approximate surface area is 158 Å². The van der Waals surface area contributed by atoms with Gasteiger partial charge in [0.15, 0.2) is 12.0 Å². The fraction of sp³-hybridized carbons (Fsp3) is 0.238. The van der Waals surface area contributed by atoms with Crippen LogP contribution >= 0.6 is 0 Å². The largest absolute Gasteiger partial charge is 0.439 e. The second kappa shape index (κ2) is 8.49. The summed E-state index contributed by atoms with van der Waals surface area (Å²) in [4.78, 5) is 3.47. The SMILES string of the molecule is [C-]#[N+]c1cccc(-c2cc(Oc3ccc(C(OC)OC)cc3)n(CC)n2)c1. The van der Waals surface area contributed by atoms with Gasteiger partial charge in [0.1, 0.15) is 5.75 Å². The molecule has 0 N–H and O–H groups in total. The van der Waals surface area contributed by atoms with Gasteiger partial charge in [0, 0.05) is 32.4 Å². The van der Waals surface area contributed by atoms with Gasteiger partial charge in [-0.05, 0) is 30.7 Å². The van der Waals surface area contributed by atoms with Gasteiger partial charge in [0.25, 0.3) is 0 Å². The third-order valence-electron chi connectivity index (χ3n) is 4.12. The maximum atomic E-state index is 7.17. The first-order valence-corrected chi connectivity index (χ1v) is 8.57. The number of hydrogen-bond donors (Lipinski definition) is 0. The van der Waals surface area contributed by atoms with Crippen LogP contribution in [0.1, 0.15) is 18.8 Å². The van der Waals surface area contributed by atoms with Crippen molar-refractivity contribution in [3.8, 4) is 22.9 Å². The van der Waals surface area contributed by atoms with Gasteiger partial charge in [0.2, 0.25) is 5.88 Å². The topological polar surface area (TPSA) is 49.9 Å². The Kier molecular flexibility index (Phi) is 5.87. The maximum Gasteiger partial charge on any atom is 0.218 e. The molecule has 0 aliphatic carbocycles. The lowest BCUT2D eigenvalue weighted by Crippen LogP contribution is -2.03. The van der Waals surface area contributed by atoms with Crippen molar-refractivity contribution in [1.82, 2.24) is 9.78 Å². The molecule has 6 heteroatoms. The van der Waals surface area contributed by atoms with Crippen LogP contribution in [0.4, 0.5) is 5.69 Å². The average Bonchev–Trinajstić information content (AvgIpc) is 3.13. The average molecular weight is 363 g/mol. The summed E-state index contributed by atoms with van der Waals surface area (Å²) in [5, 5.41) is 4.59. The van der Waals surface area contributed by atoms with Gasteiger partial charge in [-0.15, -0.1) is 0 Å². The van der Waals surface area contributed by atoms with Crippen LogP contribution in [0.5, 0.6) is 11.6 Å². The number of methoxy groups -OCH3 is 2. The van der Waals surface area contributed by atoms with E-state index in [1.165, 1.54) is 0 Å². The van der Waals surface area contributed by atoms with Crippen molar-refractivity contribution in [2.45, 2.75) is 19.8 Å². The first-order chi connectivity index (χ1) is 13.2. The molecule has 1 heterocycles. The second-order valence-corrected chi connectivity index (χ2v) is 5.82. The zero-order valence-corrected chi connectivity index (χ0v) is 15.5. The molecule has 3 rings (SSSR count). The van der Waals surface area contributed by atoms with E-state index in [-0.39, 0.29) is 0 Å². The van der Waals surface area contributed by atoms with Gasteiger partial charge >= 0.3 is 0 Å². The summed E-state index contributed by atoms with van der Waals surface area (Å²) in [6, 6.07) is 16.8. The van der Waals surface area contributed by atoms with Crippen LogP contribution in [0, 0.1) is 6.57 Å². The number of aromatic nitrogens is 2. The van der Waals surface area contributed by atoms with Gasteiger partial charge in [0.05, 0.1) is 12.3 Å². The van der Waals surface area contributed by atoms with Crippen molar-refractivity contribution < 1.29 is 14.2 Å². The van der Waals surface area contributed by atoms with Crippen LogP contribution in [0.15, 0.2) is 54.6 Å². The molecule has 0 spiro atoms. The Bertz CT molecular complexity index is 938. The number of rotatable bonds is 7. The molecule has 27 heavy (non-hydrogen) atoms. The minimum Gasteiger partial charge on any atom is -0.439 e. The summed E-state index contributed by atoms with van der Waals surface area (Å²) in [5.74, 6) is 1.34. The molecule has 0 saturated heterocycles. The van der Waals surface area contributed by atoms with Crippen molar-refractivity contribution in [2.75, 3.05) is 14.2 Å². The molecule has 0 bridgehead atoms. The van der Waals surface area contributed by atoms with Crippen molar-refractivity contribution >= 4 is 5.69 Å². The van der Waals surface area contributed by atoms with Gasteiger partial charge < -0.3 is 14.2 Å². The molecule has 0 atom stereocenters. The smallest absolute Gasteiger partial charge is 0.218 e. The number of nitrogens with zero attached hydrogens (tertiary/aromatic N) is 3. The lowest BCUT2D eigenvalue weighted by atomic mass is 10.1. The van der Waals surface area contributed by atoms with E-state index in [0.717, 1.165) is 16.8 Å². The molecule has 0 radical (unpaired) electrons. The van der Waals surface area contributed by atoms with Crippen molar-refractivity contribution in [3.63, 3.8) is 0 Å². The van der Waals surface area contributed by atoms with Gasteiger partial charge in [-0.2, -0.15) is 5.10 Å². The molecular formula is C21H21N3O3. The zero-order chi connectivity index (χ0) is 19.2. The normalized spacial score (nSPS) is 10.8. The van der Waals surface area contributed by atoms with E-state index in [0.29, 0.717) is 23.9 Å². The number of benzene rings is 2. The molecule has 3 aromatic rings. The molecular weight excluding hydrogens is 342 g/mol. The maximum absolute atomic E-state index is 7.17. The summed E-state index contributed by atoms with van der Waals surface area (Å²) in [6.07, 6.45) is -0.401. The van der Waals surface area contributed by atoms with Gasteiger partial charge in [-0.3, -0.25) is 0 Å². The molecule has 0 amide bonds. The van der Waals surface area contributed by atoms with E-state index in [1.54, 1.807) is 25.0 Å². The Balaban J connectivity index is 1.85. The lowest BCUT2D eigenvalue weighted by Gasteiger charge is -2.14. The number of hydrogen-bond acceptors (Lipinski definition) is 4. The lowest BCUT2D eigenvalue weighted by molar-refractivity contribution is -0.106. The highest BCUT2D eigenvalue weighted by molar-refractivity contribution is 5.66. The molecule has 0 aliphatic heterocycles. The third-order valence-corrected chi connectivity index (χ3v) is 4.12. The Morgan fingerprint density at radius 3 is 2.44 bits per heavy atom. The highest BCUT2D eigenvalue weighted by Gasteiger charge is 2.12. The van der Waals surface area contributed by atoms with E-state index < -0.39 is 6.29 Å². The summed E-state index contributed by atoms with van der Waals surface area (Å²) in [6.45, 7) is 9.84. The Morgan fingerprint density at radius 2 is 1.81 bits per heavy atom. The van der Waals surface area contributed by atoms with Crippen LogP contribution in [-0.2, 0) is 16.0 Å². The summed E-state index contributed by atoms with van der Waals surface area (Å²) < 4.78 is 18.3. The third kappa shape index (κ3) is 4.17. The summed E-state index contributed by atoms with van der Waals surface area (Å²) >= 11 is 0. The quantitative estimate of drug-likeness (QED) is 0.427. The molecule has 0 saturated carbocycles. The van der Waals surface area contributed by atoms with Crippen molar-refractivity contribution in [2.24, 2.45) is 0 Å². The van der Waals surface area contributed by atoms with E-state index >= 15 is 0 Å². The predicted octanol–water partition coefficient (Wildman–Crippen LogP) is 5.20. The second-order valence-electron chi connectivity index (χ2n) is 5.82. The minimum atomic E-state index is -0.401. The first-order valence-electron chi connectivity index (χ1n) is 8.57. The van der Waals surface area contributed by atoms with Crippen molar-refractivity contribution in [3.05, 3.63) is 71.6 Å². The van der Waals surface area contributed by atoms with Crippen LogP contribution < -0.4 is 4.74 Å². The van der Waals surface area contributed by atoms with Crippen LogP contribution in [0.2, 0.25) is 0 Å². The monoisotopic (exact) mass is 363 g/mol. The molecule has 1 aromatic heterocycles. The zero-order valence-electron chi connectivity index (χ0n) is 15.5. The number of aryl methyl sites for hydroxylation is 1. The van der Waals surface area contributed by atoms with E-state index in [1.807, 2.05) is 55.5 Å². The van der Waals surface area contributed by atoms with Crippen LogP contribution in [-0.4, -0.2) is 24.0 Å². The van der Waals surface area contributed by atoms with Crippen molar-refractivity contribution in [1.29, 1.82) is 0 Å². The molecule has 0 fully saturated rings. The molecule has 2 aromatic carbocycles. The van der Waals surface area contributed by atoms with E-state index in [9.17, 15) is 0 Å². The fourth-order valence-electron chi connectivity index (χ4n) is 2.77. The Morgan fingerprint density at radius 1 is 1.07 bits per heavy atom. The fourth-order valence-corrected chi connectivity index (χ4v) is 2.77. The molecule has 0 aliphatic rings.